The van der Waals surface area contributed by atoms with Crippen LogP contribution in [0.4, 0.5) is 5.69 Å². The molecule has 0 atom stereocenters. The van der Waals surface area contributed by atoms with Crippen LogP contribution in [0.5, 0.6) is 0 Å². The Bertz CT molecular complexity index is 707. The Hall–Kier alpha value is -1.89. The third-order valence-corrected chi connectivity index (χ3v) is 3.34. The van der Waals surface area contributed by atoms with E-state index < -0.39 is 0 Å². The van der Waals surface area contributed by atoms with E-state index in [1.807, 2.05) is 48.5 Å². The van der Waals surface area contributed by atoms with E-state index >= 15 is 0 Å². The van der Waals surface area contributed by atoms with Crippen LogP contribution in [-0.4, -0.2) is 10.1 Å². The van der Waals surface area contributed by atoms with Gasteiger partial charge in [-0.3, -0.25) is 0 Å². The quantitative estimate of drug-likeness (QED) is 0.558. The average molecular weight is 363 g/mol. The number of nitrogens with two attached hydrogens (primary N) is 1. The second-order valence-corrected chi connectivity index (χ2v) is 5.30. The van der Waals surface area contributed by atoms with Crippen LogP contribution in [0, 0.1) is 3.57 Å². The van der Waals surface area contributed by atoms with Gasteiger partial charge in [-0.25, -0.2) is 0 Å². The minimum atomic E-state index is 0.519. The minimum absolute atomic E-state index is 0.519. The van der Waals surface area contributed by atoms with Crippen LogP contribution in [0.3, 0.4) is 0 Å². The molecule has 0 radical (unpaired) electrons. The largest absolute Gasteiger partial charge is 0.399 e. The lowest BCUT2D eigenvalue weighted by molar-refractivity contribution is 0.432. The molecule has 0 aliphatic heterocycles. The number of aromatic nitrogens is 2. The Balaban J connectivity index is 1.97. The molecular weight excluding hydrogens is 353 g/mol. The van der Waals surface area contributed by atoms with E-state index in [9.17, 15) is 0 Å². The van der Waals surface area contributed by atoms with Gasteiger partial charge in [0.2, 0.25) is 5.82 Å². The van der Waals surface area contributed by atoms with Gasteiger partial charge in [-0.2, -0.15) is 4.98 Å². The Kier molecular flexibility index (Phi) is 3.20. The van der Waals surface area contributed by atoms with Crippen molar-refractivity contribution in [3.05, 3.63) is 52.1 Å². The number of anilines is 1. The van der Waals surface area contributed by atoms with E-state index in [1.54, 1.807) is 0 Å². The van der Waals surface area contributed by atoms with Crippen molar-refractivity contribution >= 4 is 28.3 Å². The third kappa shape index (κ3) is 2.60. The van der Waals surface area contributed by atoms with Gasteiger partial charge in [-0.15, -0.1) is 0 Å². The van der Waals surface area contributed by atoms with E-state index in [2.05, 4.69) is 32.7 Å². The van der Waals surface area contributed by atoms with E-state index in [4.69, 9.17) is 10.3 Å². The first-order valence-corrected chi connectivity index (χ1v) is 6.76. The summed E-state index contributed by atoms with van der Waals surface area (Å²) >= 11 is 2.25. The van der Waals surface area contributed by atoms with Crippen LogP contribution in [0.2, 0.25) is 0 Å². The number of hydrogen-bond acceptors (Lipinski definition) is 4. The van der Waals surface area contributed by atoms with Crippen LogP contribution in [0.25, 0.3) is 22.8 Å². The zero-order valence-corrected chi connectivity index (χ0v) is 12.0. The third-order valence-electron chi connectivity index (χ3n) is 2.67. The van der Waals surface area contributed by atoms with Gasteiger partial charge in [0.25, 0.3) is 5.89 Å². The molecule has 2 N–H and O–H groups in total. The molecule has 1 aromatic heterocycles. The van der Waals surface area contributed by atoms with E-state index in [-0.39, 0.29) is 0 Å². The van der Waals surface area contributed by atoms with Gasteiger partial charge in [0.05, 0.1) is 0 Å². The molecule has 0 spiro atoms. The molecule has 0 unspecified atom stereocenters. The predicted molar refractivity (Wildman–Crippen MR) is 82.3 cm³/mol. The molecule has 0 aliphatic rings. The Morgan fingerprint density at radius 1 is 1.00 bits per heavy atom. The Labute approximate surface area is 123 Å². The van der Waals surface area contributed by atoms with Crippen molar-refractivity contribution in [2.75, 3.05) is 5.73 Å². The fourth-order valence-corrected chi connectivity index (χ4v) is 2.25. The maximum absolute atomic E-state index is 5.65. The normalized spacial score (nSPS) is 10.6. The van der Waals surface area contributed by atoms with Gasteiger partial charge in [0, 0.05) is 20.4 Å². The van der Waals surface area contributed by atoms with Crippen molar-refractivity contribution in [2.45, 2.75) is 0 Å². The lowest BCUT2D eigenvalue weighted by Gasteiger charge is -1.95. The van der Waals surface area contributed by atoms with Gasteiger partial charge in [-0.1, -0.05) is 11.2 Å². The van der Waals surface area contributed by atoms with Gasteiger partial charge in [0.1, 0.15) is 0 Å². The highest BCUT2D eigenvalue weighted by molar-refractivity contribution is 14.1. The van der Waals surface area contributed by atoms with Gasteiger partial charge in [0.15, 0.2) is 0 Å². The van der Waals surface area contributed by atoms with Gasteiger partial charge >= 0.3 is 0 Å². The summed E-state index contributed by atoms with van der Waals surface area (Å²) in [7, 11) is 0. The SMILES string of the molecule is Nc1ccc(-c2noc(-c3cccc(I)c3)n2)cc1. The number of hydrogen-bond donors (Lipinski definition) is 1. The Morgan fingerprint density at radius 2 is 1.79 bits per heavy atom. The number of rotatable bonds is 2. The van der Waals surface area contributed by atoms with Crippen molar-refractivity contribution in [1.82, 2.24) is 10.1 Å². The minimum Gasteiger partial charge on any atom is -0.399 e. The maximum Gasteiger partial charge on any atom is 0.258 e. The molecule has 0 aliphatic carbocycles. The predicted octanol–water partition coefficient (Wildman–Crippen LogP) is 3.59. The summed E-state index contributed by atoms with van der Waals surface area (Å²) in [6.07, 6.45) is 0. The van der Waals surface area contributed by atoms with Crippen molar-refractivity contribution in [3.8, 4) is 22.8 Å². The molecule has 0 bridgehead atoms. The summed E-state index contributed by atoms with van der Waals surface area (Å²) in [5.74, 6) is 1.08. The zero-order chi connectivity index (χ0) is 13.2. The number of nitrogen functional groups attached to an aromatic ring is 1. The molecule has 19 heavy (non-hydrogen) atoms. The maximum atomic E-state index is 5.65. The van der Waals surface area contributed by atoms with Crippen LogP contribution in [0.1, 0.15) is 0 Å². The molecule has 0 saturated carbocycles. The highest BCUT2D eigenvalue weighted by Crippen LogP contribution is 2.23. The topological polar surface area (TPSA) is 64.9 Å². The van der Waals surface area contributed by atoms with E-state index in [0.717, 1.165) is 14.7 Å². The zero-order valence-electron chi connectivity index (χ0n) is 9.88. The fraction of sp³-hybridized carbons (Fsp3) is 0. The van der Waals surface area contributed by atoms with Gasteiger partial charge < -0.3 is 10.3 Å². The lowest BCUT2D eigenvalue weighted by Crippen LogP contribution is -1.85. The molecule has 5 heteroatoms. The molecule has 3 rings (SSSR count). The smallest absolute Gasteiger partial charge is 0.258 e. The first-order valence-electron chi connectivity index (χ1n) is 5.68. The highest BCUT2D eigenvalue weighted by atomic mass is 127. The van der Waals surface area contributed by atoms with Crippen molar-refractivity contribution in [2.24, 2.45) is 0 Å². The van der Waals surface area contributed by atoms with Gasteiger partial charge in [-0.05, 0) is 65.1 Å². The summed E-state index contributed by atoms with van der Waals surface area (Å²) in [5, 5.41) is 3.99. The Morgan fingerprint density at radius 3 is 2.53 bits per heavy atom. The van der Waals surface area contributed by atoms with Crippen LogP contribution in [0.15, 0.2) is 53.1 Å². The standard InChI is InChI=1S/C14H10IN3O/c15-11-3-1-2-10(8-11)14-17-13(18-19-14)9-4-6-12(16)7-5-9/h1-8H,16H2. The molecule has 3 aromatic rings. The molecule has 0 saturated heterocycles. The first kappa shape index (κ1) is 12.2. The van der Waals surface area contributed by atoms with E-state index in [0.29, 0.717) is 17.4 Å². The van der Waals surface area contributed by atoms with Crippen molar-refractivity contribution in [3.63, 3.8) is 0 Å². The molecule has 2 aromatic carbocycles. The molecule has 4 nitrogen and oxygen atoms in total. The van der Waals surface area contributed by atoms with Crippen molar-refractivity contribution in [1.29, 1.82) is 0 Å². The summed E-state index contributed by atoms with van der Waals surface area (Å²) in [6, 6.07) is 15.3. The second kappa shape index (κ2) is 5.00. The van der Waals surface area contributed by atoms with Crippen LogP contribution < -0.4 is 5.73 Å². The van der Waals surface area contributed by atoms with Crippen LogP contribution >= 0.6 is 22.6 Å². The monoisotopic (exact) mass is 363 g/mol. The summed E-state index contributed by atoms with van der Waals surface area (Å²) < 4.78 is 6.42. The molecule has 0 amide bonds. The van der Waals surface area contributed by atoms with Crippen LogP contribution in [-0.2, 0) is 0 Å². The molecular formula is C14H10IN3O. The first-order chi connectivity index (χ1) is 9.22. The summed E-state index contributed by atoms with van der Waals surface area (Å²) in [5.41, 5.74) is 8.17. The molecule has 1 heterocycles. The van der Waals surface area contributed by atoms with Crippen molar-refractivity contribution < 1.29 is 4.52 Å². The molecule has 94 valence electrons. The average Bonchev–Trinajstić information content (AvgIpc) is 2.89. The summed E-state index contributed by atoms with van der Waals surface area (Å²) in [6.45, 7) is 0. The highest BCUT2D eigenvalue weighted by Gasteiger charge is 2.10. The summed E-state index contributed by atoms with van der Waals surface area (Å²) in [4.78, 5) is 4.40. The number of halogens is 1. The number of nitrogens with zero attached hydrogens (tertiary/aromatic N) is 2. The van der Waals surface area contributed by atoms with E-state index in [1.165, 1.54) is 0 Å². The molecule has 0 fully saturated rings. The second-order valence-electron chi connectivity index (χ2n) is 4.06. The lowest BCUT2D eigenvalue weighted by atomic mass is 10.2. The number of benzene rings is 2. The fourth-order valence-electron chi connectivity index (χ4n) is 1.71.